The molecule has 1 aliphatic rings. The van der Waals surface area contributed by atoms with Gasteiger partial charge in [-0.25, -0.2) is 22.2 Å². The van der Waals surface area contributed by atoms with E-state index in [0.717, 1.165) is 34.0 Å². The summed E-state index contributed by atoms with van der Waals surface area (Å²) >= 11 is 1.15. The van der Waals surface area contributed by atoms with Crippen molar-refractivity contribution in [3.8, 4) is 0 Å². The minimum absolute atomic E-state index is 0.203. The normalized spacial score (nSPS) is 15.1. The van der Waals surface area contributed by atoms with E-state index in [1.807, 2.05) is 0 Å². The molecule has 26 heavy (non-hydrogen) atoms. The van der Waals surface area contributed by atoms with Gasteiger partial charge < -0.3 is 0 Å². The summed E-state index contributed by atoms with van der Waals surface area (Å²) in [5, 5.41) is 2.23. The van der Waals surface area contributed by atoms with Crippen LogP contribution in [0.5, 0.6) is 0 Å². The Morgan fingerprint density at radius 3 is 2.73 bits per heavy atom. The molecule has 0 bridgehead atoms. The van der Waals surface area contributed by atoms with Crippen molar-refractivity contribution in [2.45, 2.75) is 32.1 Å². The molecule has 0 fully saturated rings. The molecule has 1 aliphatic heterocycles. The lowest BCUT2D eigenvalue weighted by Crippen LogP contribution is -2.39. The van der Waals surface area contributed by atoms with Crippen LogP contribution in [0, 0.1) is 11.6 Å². The first-order valence-corrected chi connectivity index (χ1v) is 10.2. The number of sulfonamides is 1. The van der Waals surface area contributed by atoms with Crippen molar-refractivity contribution in [3.05, 3.63) is 46.0 Å². The van der Waals surface area contributed by atoms with Gasteiger partial charge in [0.05, 0.1) is 16.5 Å². The minimum Gasteiger partial charge on any atom is -0.298 e. The van der Waals surface area contributed by atoms with Gasteiger partial charge in [0.2, 0.25) is 10.0 Å². The second kappa shape index (κ2) is 7.01. The Morgan fingerprint density at radius 1 is 1.35 bits per heavy atom. The maximum atomic E-state index is 13.7. The molecule has 3 rings (SSSR count). The molecule has 10 heteroatoms. The lowest BCUT2D eigenvalue weighted by molar-refractivity contribution is 0.102. The molecule has 1 aromatic heterocycles. The van der Waals surface area contributed by atoms with Crippen LogP contribution in [0.15, 0.2) is 18.2 Å². The zero-order valence-corrected chi connectivity index (χ0v) is 15.8. The summed E-state index contributed by atoms with van der Waals surface area (Å²) in [5.74, 6) is -2.46. The fraction of sp³-hybridized carbons (Fsp3) is 0.375. The lowest BCUT2D eigenvalue weighted by Gasteiger charge is -2.26. The number of hydrogen-bond acceptors (Lipinski definition) is 5. The number of aromatic nitrogens is 1. The van der Waals surface area contributed by atoms with Crippen LogP contribution in [0.3, 0.4) is 0 Å². The fourth-order valence-electron chi connectivity index (χ4n) is 2.58. The van der Waals surface area contributed by atoms with Gasteiger partial charge >= 0.3 is 0 Å². The van der Waals surface area contributed by atoms with Crippen molar-refractivity contribution in [2.24, 2.45) is 0 Å². The first-order valence-electron chi connectivity index (χ1n) is 7.92. The lowest BCUT2D eigenvalue weighted by atomic mass is 10.2. The number of carbonyl (C=O) groups is 1. The molecule has 1 aromatic carbocycles. The van der Waals surface area contributed by atoms with Crippen LogP contribution in [0.1, 0.15) is 34.8 Å². The fourth-order valence-corrected chi connectivity index (χ4v) is 4.93. The van der Waals surface area contributed by atoms with E-state index in [1.165, 1.54) is 4.31 Å². The molecule has 6 nitrogen and oxygen atoms in total. The van der Waals surface area contributed by atoms with E-state index in [2.05, 4.69) is 10.3 Å². The zero-order chi connectivity index (χ0) is 19.1. The molecule has 0 saturated heterocycles. The quantitative estimate of drug-likeness (QED) is 0.854. The molecule has 0 saturated carbocycles. The van der Waals surface area contributed by atoms with Crippen molar-refractivity contribution in [2.75, 3.05) is 11.9 Å². The van der Waals surface area contributed by atoms with Gasteiger partial charge in [-0.1, -0.05) is 0 Å². The van der Waals surface area contributed by atoms with Crippen LogP contribution >= 0.6 is 11.3 Å². The second-order valence-corrected chi connectivity index (χ2v) is 9.72. The smallest absolute Gasteiger partial charge is 0.260 e. The highest BCUT2D eigenvalue weighted by Gasteiger charge is 2.31. The third kappa shape index (κ3) is 3.62. The number of anilines is 1. The number of thiazole rings is 1. The monoisotopic (exact) mass is 401 g/mol. The zero-order valence-electron chi connectivity index (χ0n) is 14.1. The Hall–Kier alpha value is -1.91. The Kier molecular flexibility index (Phi) is 5.09. The summed E-state index contributed by atoms with van der Waals surface area (Å²) < 4.78 is 52.6. The number of hydrogen-bond donors (Lipinski definition) is 1. The van der Waals surface area contributed by atoms with E-state index >= 15 is 0 Å². The van der Waals surface area contributed by atoms with Gasteiger partial charge in [-0.3, -0.25) is 10.1 Å². The van der Waals surface area contributed by atoms with Crippen molar-refractivity contribution < 1.29 is 22.0 Å². The summed E-state index contributed by atoms with van der Waals surface area (Å²) in [4.78, 5) is 17.2. The molecule has 0 spiro atoms. The summed E-state index contributed by atoms with van der Waals surface area (Å²) in [5.41, 5.74) is 0.434. The average molecular weight is 401 g/mol. The van der Waals surface area contributed by atoms with Crippen LogP contribution in [0.25, 0.3) is 0 Å². The Bertz CT molecular complexity index is 958. The van der Waals surface area contributed by atoms with Crippen LogP contribution in [-0.2, 0) is 23.0 Å². The van der Waals surface area contributed by atoms with E-state index in [0.29, 0.717) is 19.0 Å². The van der Waals surface area contributed by atoms with Crippen molar-refractivity contribution >= 4 is 32.4 Å². The average Bonchev–Trinajstić information content (AvgIpc) is 2.95. The third-order valence-electron chi connectivity index (χ3n) is 4.05. The van der Waals surface area contributed by atoms with Crippen LogP contribution in [0.2, 0.25) is 0 Å². The minimum atomic E-state index is -3.37. The Balaban J connectivity index is 1.77. The van der Waals surface area contributed by atoms with Gasteiger partial charge in [-0.15, -0.1) is 11.3 Å². The molecule has 0 aliphatic carbocycles. The molecule has 2 aromatic rings. The van der Waals surface area contributed by atoms with Gasteiger partial charge in [-0.2, -0.15) is 4.31 Å². The Labute approximate surface area is 153 Å². The highest BCUT2D eigenvalue weighted by Crippen LogP contribution is 2.30. The summed E-state index contributed by atoms with van der Waals surface area (Å²) in [6.45, 7) is 3.78. The number of benzene rings is 1. The maximum absolute atomic E-state index is 13.7. The van der Waals surface area contributed by atoms with Gasteiger partial charge in [0.15, 0.2) is 5.13 Å². The highest BCUT2D eigenvalue weighted by atomic mass is 32.2. The highest BCUT2D eigenvalue weighted by molar-refractivity contribution is 7.89. The van der Waals surface area contributed by atoms with Crippen LogP contribution in [-0.4, -0.2) is 35.4 Å². The number of nitrogens with zero attached hydrogens (tertiary/aromatic N) is 2. The third-order valence-corrected chi connectivity index (χ3v) is 7.27. The molecule has 0 atom stereocenters. The standard InChI is InChI=1S/C16H17F2N3O3S2/c1-9(2)26(23,24)21-6-5-13-14(8-21)25-16(19-13)20-15(22)11-4-3-10(17)7-12(11)18/h3-4,7,9H,5-6,8H2,1-2H3,(H,19,20,22). The van der Waals surface area contributed by atoms with E-state index in [9.17, 15) is 22.0 Å². The summed E-state index contributed by atoms with van der Waals surface area (Å²) in [7, 11) is -3.37. The SMILES string of the molecule is CC(C)S(=O)(=O)N1CCc2nc(NC(=O)c3ccc(F)cc3F)sc2C1. The van der Waals surface area contributed by atoms with E-state index < -0.39 is 32.8 Å². The number of halogens is 2. The summed E-state index contributed by atoms with van der Waals surface area (Å²) in [6.07, 6.45) is 0.443. The second-order valence-electron chi connectivity index (χ2n) is 6.14. The van der Waals surface area contributed by atoms with Gasteiger partial charge in [0, 0.05) is 30.5 Å². The van der Waals surface area contributed by atoms with Crippen molar-refractivity contribution in [1.29, 1.82) is 0 Å². The van der Waals surface area contributed by atoms with Crippen LogP contribution in [0.4, 0.5) is 13.9 Å². The molecule has 140 valence electrons. The Morgan fingerprint density at radius 2 is 2.08 bits per heavy atom. The molecule has 0 unspecified atom stereocenters. The molecule has 2 heterocycles. The number of nitrogens with one attached hydrogen (secondary N) is 1. The van der Waals surface area contributed by atoms with E-state index in [4.69, 9.17) is 0 Å². The van der Waals surface area contributed by atoms with Crippen molar-refractivity contribution in [3.63, 3.8) is 0 Å². The van der Waals surface area contributed by atoms with Gasteiger partial charge in [0.1, 0.15) is 11.6 Å². The molecule has 0 radical (unpaired) electrons. The predicted molar refractivity (Wildman–Crippen MR) is 94.6 cm³/mol. The van der Waals surface area contributed by atoms with E-state index in [1.54, 1.807) is 13.8 Å². The van der Waals surface area contributed by atoms with Crippen molar-refractivity contribution in [1.82, 2.24) is 9.29 Å². The number of rotatable bonds is 4. The first kappa shape index (κ1) is 18.9. The van der Waals surface area contributed by atoms with Gasteiger partial charge in [-0.05, 0) is 26.0 Å². The summed E-state index contributed by atoms with van der Waals surface area (Å²) in [6, 6.07) is 2.69. The predicted octanol–water partition coefficient (Wildman–Crippen LogP) is 2.77. The molecular formula is C16H17F2N3O3S2. The number of carbonyl (C=O) groups excluding carboxylic acids is 1. The van der Waals surface area contributed by atoms with Gasteiger partial charge in [0.25, 0.3) is 5.91 Å². The molecule has 1 amide bonds. The first-order chi connectivity index (χ1) is 12.2. The maximum Gasteiger partial charge on any atom is 0.260 e. The molecule has 1 N–H and O–H groups in total. The number of fused-ring (bicyclic) bond motifs is 1. The number of amides is 1. The van der Waals surface area contributed by atoms with Crippen LogP contribution < -0.4 is 5.32 Å². The topological polar surface area (TPSA) is 79.4 Å². The molecular weight excluding hydrogens is 384 g/mol. The largest absolute Gasteiger partial charge is 0.298 e. The van der Waals surface area contributed by atoms with E-state index in [-0.39, 0.29) is 17.2 Å².